The Hall–Kier alpha value is -9.86. The van der Waals surface area contributed by atoms with Crippen LogP contribution in [-0.4, -0.2) is 198 Å². The maximum atomic E-state index is 12.4. The van der Waals surface area contributed by atoms with E-state index in [-0.39, 0.29) is 23.0 Å². The maximum Gasteiger partial charge on any atom is 0.495 e. The van der Waals surface area contributed by atoms with Gasteiger partial charge in [-0.1, -0.05) is 45.2 Å². The fraction of sp³-hybridized carbons (Fsp3) is 0.381. The number of amides is 2. The average molecular weight is 1800 g/mol. The maximum absolute atomic E-state index is 12.4. The molecule has 2 amide bonds. The van der Waals surface area contributed by atoms with Gasteiger partial charge < -0.3 is 78.0 Å². The Morgan fingerprint density at radius 1 is 0.588 bits per heavy atom. The van der Waals surface area contributed by atoms with Gasteiger partial charge in [-0.2, -0.15) is 19.6 Å². The molecule has 10 aromatic rings. The third kappa shape index (κ3) is 25.4. The van der Waals surface area contributed by atoms with E-state index in [1.807, 2.05) is 58.0 Å². The van der Waals surface area contributed by atoms with Crippen molar-refractivity contribution in [3.8, 4) is 57.4 Å². The first-order valence-corrected chi connectivity index (χ1v) is 41.0. The van der Waals surface area contributed by atoms with E-state index >= 15 is 0 Å². The van der Waals surface area contributed by atoms with Crippen LogP contribution in [0.3, 0.4) is 0 Å². The number of aromatic nitrogens is 6. The number of hydrogen-bond acceptors (Lipinski definition) is 24. The van der Waals surface area contributed by atoms with Gasteiger partial charge in [-0.3, -0.25) is 29.5 Å². The Balaban J connectivity index is 0.000000174. The summed E-state index contributed by atoms with van der Waals surface area (Å²) in [6.45, 7) is 28.8. The first-order chi connectivity index (χ1) is 57.6. The van der Waals surface area contributed by atoms with Crippen LogP contribution in [0.2, 0.25) is 10.2 Å². The summed E-state index contributed by atoms with van der Waals surface area (Å²) in [6.07, 6.45) is 17.7. The van der Waals surface area contributed by atoms with Crippen LogP contribution in [0.4, 0.5) is 28.8 Å². The SMILES string of the molecule is COc1cc(C(=O)N(C)C)ccc1-c1cc2nccc(-c3cnc(NC4CCOCC4)c(C#N)c3)c2o1.COc1cc(C(=O)N(C)C)ccc1-c1cc2nccc(Cl)c2o1.N#Cc1cc(Br)cnc1Cl.NC1CCOCC1.[2H][B]P.[C-]#[N+]c1cc(B2OC(C)(C)C(C)(C)O2)cnc1NC1CCOCC1.[C-]#[N+]c1cc(Br)cnc1NC1CCOCC1. The second-order valence-electron chi connectivity index (χ2n) is 28.9. The molecule has 2 aromatic carbocycles. The molecule has 5 aliphatic heterocycles. The van der Waals surface area contributed by atoms with Crippen molar-refractivity contribution in [3.63, 3.8) is 0 Å². The lowest BCUT2D eigenvalue weighted by Gasteiger charge is -2.32. The summed E-state index contributed by atoms with van der Waals surface area (Å²) in [5.41, 5.74) is 13.9. The summed E-state index contributed by atoms with van der Waals surface area (Å²) >= 11 is 18.1. The van der Waals surface area contributed by atoms with Crippen molar-refractivity contribution in [1.82, 2.24) is 39.7 Å². The van der Waals surface area contributed by atoms with Crippen LogP contribution in [0.15, 0.2) is 140 Å². The lowest BCUT2D eigenvalue weighted by molar-refractivity contribution is 0.00578. The number of fused-ring (bicyclic) bond motifs is 2. The van der Waals surface area contributed by atoms with Crippen LogP contribution in [0, 0.1) is 35.8 Å². The normalized spacial score (nSPS) is 15.6. The first-order valence-electron chi connectivity index (χ1n) is 38.6. The average Bonchev–Trinajstić information content (AvgIpc) is 1.63. The molecule has 28 nitrogen and oxygen atoms in total. The highest BCUT2D eigenvalue weighted by atomic mass is 79.9. The molecule has 5 N–H and O–H groups in total. The molecule has 119 heavy (non-hydrogen) atoms. The number of hydrogen-bond donors (Lipinski definition) is 4. The quantitative estimate of drug-likeness (QED) is 0.0340. The summed E-state index contributed by atoms with van der Waals surface area (Å²) < 4.78 is 63.9. The molecule has 5 saturated heterocycles. The minimum atomic E-state index is -0.500. The van der Waals surface area contributed by atoms with Crippen LogP contribution in [0.1, 0.15) is 111 Å². The van der Waals surface area contributed by atoms with E-state index in [0.717, 1.165) is 122 Å². The minimum Gasteiger partial charge on any atom is -0.496 e. The van der Waals surface area contributed by atoms with Gasteiger partial charge in [-0.25, -0.2) is 19.7 Å². The molecular weight excluding hydrogens is 1710 g/mol. The predicted octanol–water partition coefficient (Wildman–Crippen LogP) is 16.3. The lowest BCUT2D eigenvalue weighted by atomic mass is 9.80. The number of methoxy groups -OCH3 is 2. The van der Waals surface area contributed by atoms with Gasteiger partial charge in [0, 0.05) is 186 Å². The highest BCUT2D eigenvalue weighted by molar-refractivity contribution is 9.10. The molecule has 35 heteroatoms. The van der Waals surface area contributed by atoms with E-state index in [0.29, 0.717) is 138 Å². The van der Waals surface area contributed by atoms with Crippen molar-refractivity contribution in [3.05, 3.63) is 186 Å². The van der Waals surface area contributed by atoms with E-state index in [1.54, 1.807) is 140 Å². The number of benzene rings is 2. The number of furan rings is 2. The number of halogens is 4. The number of ether oxygens (including phenoxy) is 6. The smallest absolute Gasteiger partial charge is 0.495 e. The van der Waals surface area contributed by atoms with E-state index < -0.39 is 18.3 Å². The Morgan fingerprint density at radius 2 is 1.02 bits per heavy atom. The molecule has 13 heterocycles. The number of nitrogens with zero attached hydrogens (tertiary/aromatic N) is 12. The second-order valence-corrected chi connectivity index (χ2v) is 31.5. The molecule has 0 saturated carbocycles. The van der Waals surface area contributed by atoms with Crippen LogP contribution >= 0.6 is 64.2 Å². The molecule has 1 atom stereocenters. The highest BCUT2D eigenvalue weighted by Crippen LogP contribution is 2.41. The van der Waals surface area contributed by atoms with Gasteiger partial charge in [-0.05, 0) is 169 Å². The number of anilines is 3. The Morgan fingerprint density at radius 3 is 1.46 bits per heavy atom. The molecular formula is C84H94B2Br2Cl2N16O12P. The molecule has 5 aliphatic rings. The van der Waals surface area contributed by atoms with Gasteiger partial charge in [0.1, 0.15) is 76.3 Å². The van der Waals surface area contributed by atoms with Crippen LogP contribution < -0.4 is 36.6 Å². The van der Waals surface area contributed by atoms with Gasteiger partial charge in [-0.15, -0.1) is 0 Å². The van der Waals surface area contributed by atoms with Crippen molar-refractivity contribution in [2.24, 2.45) is 5.73 Å². The number of carbonyl (C=O) groups excluding carboxylic acids is 2. The van der Waals surface area contributed by atoms with E-state index in [9.17, 15) is 14.9 Å². The largest absolute Gasteiger partial charge is 0.496 e. The van der Waals surface area contributed by atoms with Crippen molar-refractivity contribution in [2.75, 3.05) is 111 Å². The number of nitrogens with two attached hydrogens (primary N) is 1. The highest BCUT2D eigenvalue weighted by Gasteiger charge is 2.52. The zero-order chi connectivity index (χ0) is 86.6. The van der Waals surface area contributed by atoms with Crippen LogP contribution in [0.25, 0.3) is 65.7 Å². The summed E-state index contributed by atoms with van der Waals surface area (Å²) in [6, 6.07) is 30.1. The Labute approximate surface area is 725 Å². The number of rotatable bonds is 14. The van der Waals surface area contributed by atoms with Gasteiger partial charge in [0.15, 0.2) is 11.2 Å². The first kappa shape index (κ1) is 91.4. The number of carbonyl (C=O) groups is 2. The lowest BCUT2D eigenvalue weighted by Crippen LogP contribution is -2.41. The minimum absolute atomic E-state index is 0.0934. The summed E-state index contributed by atoms with van der Waals surface area (Å²) in [5.74, 6) is 3.86. The van der Waals surface area contributed by atoms with Crippen molar-refractivity contribution in [1.29, 1.82) is 11.9 Å². The fourth-order valence-corrected chi connectivity index (χ4v) is 13.4. The summed E-state index contributed by atoms with van der Waals surface area (Å²) in [7, 11) is 12.7. The van der Waals surface area contributed by atoms with E-state index in [1.165, 1.54) is 17.3 Å². The molecule has 5 fully saturated rings. The molecule has 1 unspecified atom stereocenters. The second kappa shape index (κ2) is 45.0. The third-order valence-electron chi connectivity index (χ3n) is 19.7. The molecule has 8 aromatic heterocycles. The molecule has 621 valence electrons. The zero-order valence-corrected chi connectivity index (χ0v) is 73.6. The van der Waals surface area contributed by atoms with Crippen LogP contribution in [-0.2, 0) is 28.3 Å². The monoisotopic (exact) mass is 1800 g/mol. The van der Waals surface area contributed by atoms with Crippen molar-refractivity contribution >= 4 is 147 Å². The number of pyridine rings is 6. The Bertz CT molecular complexity index is 5300. The number of nitriles is 2. The van der Waals surface area contributed by atoms with Crippen molar-refractivity contribution in [2.45, 2.75) is 114 Å². The summed E-state index contributed by atoms with van der Waals surface area (Å²) in [4.78, 5) is 60.3. The molecule has 0 spiro atoms. The van der Waals surface area contributed by atoms with E-state index in [4.69, 9.17) is 95.2 Å². The predicted molar refractivity (Wildman–Crippen MR) is 474 cm³/mol. The third-order valence-corrected chi connectivity index (χ3v) is 21.2. The fourth-order valence-electron chi connectivity index (χ4n) is 12.4. The Kier molecular flexibility index (Phi) is 34.6. The number of nitrogens with one attached hydrogen (secondary N) is 3. The van der Waals surface area contributed by atoms with Gasteiger partial charge in [0.2, 0.25) is 11.4 Å². The summed E-state index contributed by atoms with van der Waals surface area (Å²) in [5, 5.41) is 29.0. The molecule has 0 aliphatic carbocycles. The zero-order valence-electron chi connectivity index (χ0n) is 68.8. The van der Waals surface area contributed by atoms with Gasteiger partial charge in [0.05, 0.1) is 65.8 Å². The molecule has 1 radical (unpaired) electrons. The molecule has 0 bridgehead atoms. The van der Waals surface area contributed by atoms with Gasteiger partial charge in [0.25, 0.3) is 11.8 Å². The van der Waals surface area contributed by atoms with E-state index in [2.05, 4.69) is 103 Å². The van der Waals surface area contributed by atoms with Gasteiger partial charge >= 0.3 is 7.12 Å². The standard InChI is InChI=1S/C28H27N5O4.C17H24BN3O3.C17H15ClN2O3.C11H12BrN3O.C6H2BrClN2.C5H11NO.BH3P/c1-33(2)28(34)17-4-5-22(24(13-17)35-3)25-14-23-26(37-25)21(6-9-30-23)19-12-18(15-29)27(31-16-19)32-20-7-10-36-11-8-20;1-16(2)17(3,4)24-18(23-16)12-10-14(19-5)15(20-11-12)21-13-6-8-22-9-7-13;1-20(2)17(21)10-4-5-11(14(8-10)22-3)15-9-13-16(23-15)12(18)6-7-19-13;1-13-10-6-8(12)7-14-11(10)15-9-2-4-16-5-3-9;7-5-1-4(2-9)6(8)10-3-5;6-5-1-3-7-4-2-5;1-2/h4-6,9,12-14,16,20H,7-8,10-11H2,1-3H3,(H,31,32);10-11,13H,6-9H2,1-4H3,(H,20,21);4-9H,1-3H3;6-7,9H,2-5H2,(H,14,15);1,3H;5H,1-4,6H2;1H,2H2/i;;;;;;1D. The molecule has 15 rings (SSSR count). The van der Waals surface area contributed by atoms with Crippen molar-refractivity contribution < 1.29 is 56.2 Å². The topological polar surface area (TPSA) is 336 Å². The van der Waals surface area contributed by atoms with Crippen LogP contribution in [0.5, 0.6) is 11.5 Å².